The van der Waals surface area contributed by atoms with Crippen molar-refractivity contribution >= 4 is 15.9 Å². The van der Waals surface area contributed by atoms with E-state index in [0.29, 0.717) is 0 Å². The predicted octanol–water partition coefficient (Wildman–Crippen LogP) is 3.22. The van der Waals surface area contributed by atoms with E-state index >= 15 is 0 Å². The summed E-state index contributed by atoms with van der Waals surface area (Å²) in [7, 11) is 0. The number of hydrogen-bond acceptors (Lipinski definition) is 1. The SMILES string of the molecule is CC1C(Br)CCC1C1CCOCC1. The predicted molar refractivity (Wildman–Crippen MR) is 58.1 cm³/mol. The summed E-state index contributed by atoms with van der Waals surface area (Å²) in [5.41, 5.74) is 0. The van der Waals surface area contributed by atoms with Crippen LogP contribution in [0, 0.1) is 17.8 Å². The van der Waals surface area contributed by atoms with Crippen molar-refractivity contribution in [3.8, 4) is 0 Å². The largest absolute Gasteiger partial charge is 0.381 e. The van der Waals surface area contributed by atoms with Crippen LogP contribution in [0.3, 0.4) is 0 Å². The first kappa shape index (κ1) is 9.97. The summed E-state index contributed by atoms with van der Waals surface area (Å²) in [5, 5.41) is 0. The van der Waals surface area contributed by atoms with E-state index in [0.717, 1.165) is 35.8 Å². The standard InChI is InChI=1S/C11H19BrO/c1-8-10(2-3-11(8)12)9-4-6-13-7-5-9/h8-11H,2-7H2,1H3. The van der Waals surface area contributed by atoms with E-state index in [9.17, 15) is 0 Å². The fourth-order valence-electron chi connectivity index (χ4n) is 2.95. The van der Waals surface area contributed by atoms with E-state index in [1.54, 1.807) is 0 Å². The van der Waals surface area contributed by atoms with Crippen LogP contribution in [-0.4, -0.2) is 18.0 Å². The van der Waals surface area contributed by atoms with Crippen molar-refractivity contribution in [3.63, 3.8) is 0 Å². The Morgan fingerprint density at radius 2 is 1.77 bits per heavy atom. The second-order valence-electron chi connectivity index (χ2n) is 4.57. The van der Waals surface area contributed by atoms with Crippen LogP contribution in [0.2, 0.25) is 0 Å². The Labute approximate surface area is 89.4 Å². The maximum atomic E-state index is 5.41. The first-order valence-electron chi connectivity index (χ1n) is 5.51. The van der Waals surface area contributed by atoms with Crippen LogP contribution < -0.4 is 0 Å². The molecule has 0 amide bonds. The average Bonchev–Trinajstić information content (AvgIpc) is 2.49. The zero-order valence-electron chi connectivity index (χ0n) is 8.34. The molecule has 76 valence electrons. The third-order valence-electron chi connectivity index (χ3n) is 3.89. The number of alkyl halides is 1. The van der Waals surface area contributed by atoms with Gasteiger partial charge in [-0.05, 0) is 43.4 Å². The van der Waals surface area contributed by atoms with Gasteiger partial charge in [0.25, 0.3) is 0 Å². The Bertz CT molecular complexity index is 165. The maximum absolute atomic E-state index is 5.41. The number of ether oxygens (including phenoxy) is 1. The monoisotopic (exact) mass is 246 g/mol. The molecule has 13 heavy (non-hydrogen) atoms. The van der Waals surface area contributed by atoms with Crippen LogP contribution in [-0.2, 0) is 4.74 Å². The van der Waals surface area contributed by atoms with E-state index in [1.165, 1.54) is 25.7 Å². The Morgan fingerprint density at radius 3 is 2.31 bits per heavy atom. The highest BCUT2D eigenvalue weighted by atomic mass is 79.9. The lowest BCUT2D eigenvalue weighted by Crippen LogP contribution is -2.26. The minimum absolute atomic E-state index is 0.778. The Morgan fingerprint density at radius 1 is 1.08 bits per heavy atom. The van der Waals surface area contributed by atoms with Crippen molar-refractivity contribution < 1.29 is 4.74 Å². The molecule has 1 aliphatic heterocycles. The van der Waals surface area contributed by atoms with E-state index in [1.807, 2.05) is 0 Å². The maximum Gasteiger partial charge on any atom is 0.0468 e. The highest BCUT2D eigenvalue weighted by molar-refractivity contribution is 9.09. The molecule has 0 N–H and O–H groups in total. The Hall–Kier alpha value is 0.440. The fourth-order valence-corrected chi connectivity index (χ4v) is 3.61. The van der Waals surface area contributed by atoms with Crippen LogP contribution >= 0.6 is 15.9 Å². The van der Waals surface area contributed by atoms with Gasteiger partial charge in [0, 0.05) is 18.0 Å². The zero-order valence-corrected chi connectivity index (χ0v) is 9.92. The topological polar surface area (TPSA) is 9.23 Å². The van der Waals surface area contributed by atoms with E-state index in [4.69, 9.17) is 4.74 Å². The molecule has 0 bridgehead atoms. The summed E-state index contributed by atoms with van der Waals surface area (Å²) in [5.74, 6) is 2.79. The molecule has 1 saturated heterocycles. The van der Waals surface area contributed by atoms with Crippen molar-refractivity contribution in [2.24, 2.45) is 17.8 Å². The van der Waals surface area contributed by atoms with Gasteiger partial charge in [0.2, 0.25) is 0 Å². The molecular weight excluding hydrogens is 228 g/mol. The molecule has 1 nitrogen and oxygen atoms in total. The van der Waals surface area contributed by atoms with Gasteiger partial charge in [-0.25, -0.2) is 0 Å². The van der Waals surface area contributed by atoms with Crippen LogP contribution in [0.25, 0.3) is 0 Å². The molecule has 2 fully saturated rings. The molecule has 1 aliphatic carbocycles. The minimum atomic E-state index is 0.778. The van der Waals surface area contributed by atoms with Crippen LogP contribution in [0.1, 0.15) is 32.6 Å². The molecule has 0 radical (unpaired) electrons. The van der Waals surface area contributed by atoms with Crippen molar-refractivity contribution in [2.75, 3.05) is 13.2 Å². The zero-order chi connectivity index (χ0) is 9.26. The van der Waals surface area contributed by atoms with Gasteiger partial charge in [-0.3, -0.25) is 0 Å². The summed E-state index contributed by atoms with van der Waals surface area (Å²) >= 11 is 3.78. The number of rotatable bonds is 1. The van der Waals surface area contributed by atoms with Gasteiger partial charge >= 0.3 is 0 Å². The number of hydrogen-bond donors (Lipinski definition) is 0. The van der Waals surface area contributed by atoms with Crippen molar-refractivity contribution in [2.45, 2.75) is 37.4 Å². The summed E-state index contributed by atoms with van der Waals surface area (Å²) in [6, 6.07) is 0. The fraction of sp³-hybridized carbons (Fsp3) is 1.00. The molecule has 3 atom stereocenters. The molecule has 1 heterocycles. The van der Waals surface area contributed by atoms with Crippen molar-refractivity contribution in [1.29, 1.82) is 0 Å². The van der Waals surface area contributed by atoms with Gasteiger partial charge in [-0.15, -0.1) is 0 Å². The summed E-state index contributed by atoms with van der Waals surface area (Å²) in [4.78, 5) is 0.778. The number of halogens is 1. The average molecular weight is 247 g/mol. The second-order valence-corrected chi connectivity index (χ2v) is 5.74. The summed E-state index contributed by atoms with van der Waals surface area (Å²) in [6.07, 6.45) is 5.41. The first-order chi connectivity index (χ1) is 6.29. The Balaban J connectivity index is 1.92. The molecule has 2 rings (SSSR count). The molecule has 0 aromatic carbocycles. The van der Waals surface area contributed by atoms with Crippen molar-refractivity contribution in [1.82, 2.24) is 0 Å². The lowest BCUT2D eigenvalue weighted by Gasteiger charge is -2.30. The van der Waals surface area contributed by atoms with Gasteiger partial charge in [0.05, 0.1) is 0 Å². The lowest BCUT2D eigenvalue weighted by atomic mass is 9.80. The smallest absolute Gasteiger partial charge is 0.0468 e. The first-order valence-corrected chi connectivity index (χ1v) is 6.42. The van der Waals surface area contributed by atoms with Crippen LogP contribution in [0.5, 0.6) is 0 Å². The molecule has 0 aromatic heterocycles. The third kappa shape index (κ3) is 2.10. The molecule has 0 aromatic rings. The van der Waals surface area contributed by atoms with E-state index in [-0.39, 0.29) is 0 Å². The molecule has 2 heteroatoms. The highest BCUT2D eigenvalue weighted by Crippen LogP contribution is 2.43. The minimum Gasteiger partial charge on any atom is -0.381 e. The summed E-state index contributed by atoms with van der Waals surface area (Å²) in [6.45, 7) is 4.41. The van der Waals surface area contributed by atoms with E-state index in [2.05, 4.69) is 22.9 Å². The summed E-state index contributed by atoms with van der Waals surface area (Å²) < 4.78 is 5.41. The normalized spacial score (nSPS) is 42.5. The highest BCUT2D eigenvalue weighted by Gasteiger charge is 2.36. The second kappa shape index (κ2) is 4.31. The van der Waals surface area contributed by atoms with Gasteiger partial charge in [-0.1, -0.05) is 22.9 Å². The van der Waals surface area contributed by atoms with Gasteiger partial charge in [-0.2, -0.15) is 0 Å². The van der Waals surface area contributed by atoms with Crippen molar-refractivity contribution in [3.05, 3.63) is 0 Å². The lowest BCUT2D eigenvalue weighted by molar-refractivity contribution is 0.0409. The van der Waals surface area contributed by atoms with E-state index < -0.39 is 0 Å². The Kier molecular flexibility index (Phi) is 3.31. The molecule has 2 aliphatic rings. The molecular formula is C11H19BrO. The van der Waals surface area contributed by atoms with Crippen LogP contribution in [0.4, 0.5) is 0 Å². The molecule has 1 saturated carbocycles. The van der Waals surface area contributed by atoms with Gasteiger partial charge < -0.3 is 4.74 Å². The molecule has 0 spiro atoms. The molecule has 3 unspecified atom stereocenters. The quantitative estimate of drug-likeness (QED) is 0.646. The van der Waals surface area contributed by atoms with Gasteiger partial charge in [0.1, 0.15) is 0 Å². The van der Waals surface area contributed by atoms with Crippen LogP contribution in [0.15, 0.2) is 0 Å². The van der Waals surface area contributed by atoms with Gasteiger partial charge in [0.15, 0.2) is 0 Å². The third-order valence-corrected chi connectivity index (χ3v) is 5.18.